The topological polar surface area (TPSA) is 68.4 Å². The molecule has 1 saturated carbocycles. The standard InChI is InChI=1S/C13H19ClN2O2/c1-18-13(5-3-2-4-6-13)11(17)10-7-9(14)8-16-12(10)15/h7-8,11,17H,2-6H2,1H3,(H2,15,16). The maximum atomic E-state index is 10.6. The largest absolute Gasteiger partial charge is 0.385 e. The lowest BCUT2D eigenvalue weighted by atomic mass is 9.78. The molecule has 5 heteroatoms. The second kappa shape index (κ2) is 5.43. The molecule has 0 aromatic carbocycles. The van der Waals surface area contributed by atoms with Crippen molar-refractivity contribution in [3.05, 3.63) is 22.8 Å². The Kier molecular flexibility index (Phi) is 4.10. The number of hydrogen-bond acceptors (Lipinski definition) is 4. The molecule has 0 saturated heterocycles. The first-order chi connectivity index (χ1) is 8.59. The molecule has 1 fully saturated rings. The van der Waals surface area contributed by atoms with Crippen LogP contribution in [0.25, 0.3) is 0 Å². The summed E-state index contributed by atoms with van der Waals surface area (Å²) in [5, 5.41) is 11.1. The fourth-order valence-corrected chi connectivity index (χ4v) is 2.87. The zero-order valence-corrected chi connectivity index (χ0v) is 11.3. The van der Waals surface area contributed by atoms with Crippen LogP contribution in [-0.4, -0.2) is 22.8 Å². The van der Waals surface area contributed by atoms with Crippen molar-refractivity contribution in [2.45, 2.75) is 43.8 Å². The zero-order valence-electron chi connectivity index (χ0n) is 10.5. The van der Waals surface area contributed by atoms with Gasteiger partial charge in [0.1, 0.15) is 11.9 Å². The van der Waals surface area contributed by atoms with Gasteiger partial charge in [0.25, 0.3) is 0 Å². The lowest BCUT2D eigenvalue weighted by Crippen LogP contribution is -2.40. The van der Waals surface area contributed by atoms with Crippen molar-refractivity contribution in [3.8, 4) is 0 Å². The molecule has 0 amide bonds. The molecule has 1 unspecified atom stereocenters. The van der Waals surface area contributed by atoms with Gasteiger partial charge in [0.05, 0.1) is 10.6 Å². The van der Waals surface area contributed by atoms with E-state index in [9.17, 15) is 5.11 Å². The summed E-state index contributed by atoms with van der Waals surface area (Å²) in [5.74, 6) is 0.314. The van der Waals surface area contributed by atoms with Crippen LogP contribution in [0.2, 0.25) is 5.02 Å². The first-order valence-electron chi connectivity index (χ1n) is 6.23. The average molecular weight is 271 g/mol. The molecule has 1 aromatic rings. The number of methoxy groups -OCH3 is 1. The number of aliphatic hydroxyl groups excluding tert-OH is 1. The second-order valence-corrected chi connectivity index (χ2v) is 5.30. The van der Waals surface area contributed by atoms with Gasteiger partial charge in [-0.15, -0.1) is 0 Å². The number of halogens is 1. The molecule has 2 rings (SSSR count). The van der Waals surface area contributed by atoms with Crippen LogP contribution < -0.4 is 5.73 Å². The molecule has 3 N–H and O–H groups in total. The molecular weight excluding hydrogens is 252 g/mol. The summed E-state index contributed by atoms with van der Waals surface area (Å²) in [7, 11) is 1.64. The van der Waals surface area contributed by atoms with E-state index in [-0.39, 0.29) is 0 Å². The van der Waals surface area contributed by atoms with Crippen molar-refractivity contribution in [1.82, 2.24) is 4.98 Å². The number of aliphatic hydroxyl groups is 1. The van der Waals surface area contributed by atoms with Crippen LogP contribution >= 0.6 is 11.6 Å². The summed E-state index contributed by atoms with van der Waals surface area (Å²) in [6, 6.07) is 1.67. The van der Waals surface area contributed by atoms with Crippen LogP contribution in [0.3, 0.4) is 0 Å². The Hall–Kier alpha value is -0.840. The number of ether oxygens (including phenoxy) is 1. The number of nitrogens with zero attached hydrogens (tertiary/aromatic N) is 1. The van der Waals surface area contributed by atoms with Crippen LogP contribution in [-0.2, 0) is 4.74 Å². The third-order valence-electron chi connectivity index (χ3n) is 3.82. The predicted molar refractivity (Wildman–Crippen MR) is 71.4 cm³/mol. The molecule has 0 aliphatic heterocycles. The summed E-state index contributed by atoms with van der Waals surface area (Å²) < 4.78 is 5.61. The zero-order chi connectivity index (χ0) is 13.2. The molecule has 0 bridgehead atoms. The fourth-order valence-electron chi connectivity index (χ4n) is 2.71. The number of hydrogen-bond donors (Lipinski definition) is 2. The summed E-state index contributed by atoms with van der Waals surface area (Å²) in [6.07, 6.45) is 5.65. The van der Waals surface area contributed by atoms with Gasteiger partial charge in [-0.25, -0.2) is 4.98 Å². The Balaban J connectivity index is 2.33. The lowest BCUT2D eigenvalue weighted by molar-refractivity contribution is -0.125. The highest BCUT2D eigenvalue weighted by molar-refractivity contribution is 6.30. The summed E-state index contributed by atoms with van der Waals surface area (Å²) in [4.78, 5) is 3.99. The maximum absolute atomic E-state index is 10.6. The van der Waals surface area contributed by atoms with Gasteiger partial charge in [-0.2, -0.15) is 0 Å². The summed E-state index contributed by atoms with van der Waals surface area (Å²) in [6.45, 7) is 0. The monoisotopic (exact) mass is 270 g/mol. The smallest absolute Gasteiger partial charge is 0.129 e. The van der Waals surface area contributed by atoms with Crippen LogP contribution in [0.15, 0.2) is 12.3 Å². The molecular formula is C13H19ClN2O2. The fraction of sp³-hybridized carbons (Fsp3) is 0.615. The molecule has 0 spiro atoms. The molecule has 1 aliphatic rings. The molecule has 1 aliphatic carbocycles. The maximum Gasteiger partial charge on any atom is 0.129 e. The van der Waals surface area contributed by atoms with E-state index in [2.05, 4.69) is 4.98 Å². The highest BCUT2D eigenvalue weighted by atomic mass is 35.5. The average Bonchev–Trinajstić information content (AvgIpc) is 2.41. The van der Waals surface area contributed by atoms with E-state index in [1.54, 1.807) is 13.2 Å². The summed E-state index contributed by atoms with van der Waals surface area (Å²) in [5.41, 5.74) is 5.83. The number of rotatable bonds is 3. The van der Waals surface area contributed by atoms with E-state index in [0.717, 1.165) is 25.7 Å². The summed E-state index contributed by atoms with van der Waals surface area (Å²) >= 11 is 5.92. The van der Waals surface area contributed by atoms with Gasteiger partial charge in [-0.1, -0.05) is 30.9 Å². The van der Waals surface area contributed by atoms with Crippen molar-refractivity contribution >= 4 is 17.4 Å². The van der Waals surface area contributed by atoms with Crippen molar-refractivity contribution in [1.29, 1.82) is 0 Å². The minimum atomic E-state index is -0.783. The lowest BCUT2D eigenvalue weighted by Gasteiger charge is -2.40. The van der Waals surface area contributed by atoms with Crippen LogP contribution in [0, 0.1) is 0 Å². The Bertz CT molecular complexity index is 419. The van der Waals surface area contributed by atoms with Gasteiger partial charge >= 0.3 is 0 Å². The van der Waals surface area contributed by atoms with Gasteiger partial charge in [-0.3, -0.25) is 0 Å². The van der Waals surface area contributed by atoms with E-state index >= 15 is 0 Å². The van der Waals surface area contributed by atoms with E-state index in [1.165, 1.54) is 12.6 Å². The Morgan fingerprint density at radius 2 is 2.11 bits per heavy atom. The van der Waals surface area contributed by atoms with Crippen molar-refractivity contribution in [3.63, 3.8) is 0 Å². The van der Waals surface area contributed by atoms with Crippen molar-refractivity contribution in [2.75, 3.05) is 12.8 Å². The quantitative estimate of drug-likeness (QED) is 0.886. The van der Waals surface area contributed by atoms with Gasteiger partial charge < -0.3 is 15.6 Å². The highest BCUT2D eigenvalue weighted by Gasteiger charge is 2.41. The molecule has 1 heterocycles. The number of pyridine rings is 1. The number of nitrogens with two attached hydrogens (primary N) is 1. The second-order valence-electron chi connectivity index (χ2n) is 4.86. The van der Waals surface area contributed by atoms with E-state index in [1.807, 2.05) is 0 Å². The number of aromatic nitrogens is 1. The predicted octanol–water partition coefficient (Wildman–Crippen LogP) is 2.70. The van der Waals surface area contributed by atoms with Crippen molar-refractivity contribution in [2.24, 2.45) is 0 Å². The van der Waals surface area contributed by atoms with Gasteiger partial charge in [-0.05, 0) is 18.9 Å². The van der Waals surface area contributed by atoms with E-state index in [4.69, 9.17) is 22.1 Å². The third-order valence-corrected chi connectivity index (χ3v) is 4.02. The molecule has 4 nitrogen and oxygen atoms in total. The Labute approximate surface area is 112 Å². The Morgan fingerprint density at radius 1 is 1.44 bits per heavy atom. The Morgan fingerprint density at radius 3 is 2.72 bits per heavy atom. The molecule has 100 valence electrons. The van der Waals surface area contributed by atoms with Gasteiger partial charge in [0.15, 0.2) is 0 Å². The third kappa shape index (κ3) is 2.46. The van der Waals surface area contributed by atoms with E-state index < -0.39 is 11.7 Å². The molecule has 0 radical (unpaired) electrons. The van der Waals surface area contributed by atoms with Crippen LogP contribution in [0.4, 0.5) is 5.82 Å². The van der Waals surface area contributed by atoms with Crippen LogP contribution in [0.1, 0.15) is 43.8 Å². The minimum Gasteiger partial charge on any atom is -0.385 e. The minimum absolute atomic E-state index is 0.314. The van der Waals surface area contributed by atoms with Gasteiger partial charge in [0, 0.05) is 18.9 Å². The molecule has 1 aromatic heterocycles. The van der Waals surface area contributed by atoms with Gasteiger partial charge in [0.2, 0.25) is 0 Å². The van der Waals surface area contributed by atoms with Crippen molar-refractivity contribution < 1.29 is 9.84 Å². The SMILES string of the molecule is COC1(C(O)c2cc(Cl)cnc2N)CCCCC1. The number of nitrogen functional groups attached to an aromatic ring is 1. The number of anilines is 1. The normalized spacial score (nSPS) is 20.6. The van der Waals surface area contributed by atoms with E-state index in [0.29, 0.717) is 16.4 Å². The van der Waals surface area contributed by atoms with Crippen LogP contribution in [0.5, 0.6) is 0 Å². The molecule has 18 heavy (non-hydrogen) atoms. The first-order valence-corrected chi connectivity index (χ1v) is 6.61. The molecule has 1 atom stereocenters. The first kappa shape index (κ1) is 13.6. The highest BCUT2D eigenvalue weighted by Crippen LogP contribution is 2.42.